The second kappa shape index (κ2) is 6.50. The number of methoxy groups -OCH3 is 1. The molecule has 0 aliphatic carbocycles. The van der Waals surface area contributed by atoms with Crippen LogP contribution in [0.5, 0.6) is 0 Å². The van der Waals surface area contributed by atoms with Crippen LogP contribution in [0.2, 0.25) is 0 Å². The standard InChI is InChI=1S/C11H14FNO2S/c1-13-6-8-3-9(12)5-10(4-8)16-7-11(14)15-2/h3-5,13H,6-7H2,1-2H3. The number of halogens is 1. The van der Waals surface area contributed by atoms with Crippen molar-refractivity contribution >= 4 is 17.7 Å². The van der Waals surface area contributed by atoms with Crippen LogP contribution in [0.3, 0.4) is 0 Å². The molecule has 0 saturated carbocycles. The fourth-order valence-electron chi connectivity index (χ4n) is 1.21. The molecule has 0 aliphatic heterocycles. The minimum atomic E-state index is -0.315. The van der Waals surface area contributed by atoms with Crippen molar-refractivity contribution in [2.75, 3.05) is 19.9 Å². The summed E-state index contributed by atoms with van der Waals surface area (Å²) in [6, 6.07) is 4.73. The van der Waals surface area contributed by atoms with Crippen LogP contribution in [-0.2, 0) is 16.1 Å². The summed E-state index contributed by atoms with van der Waals surface area (Å²) in [7, 11) is 3.13. The maximum atomic E-state index is 13.2. The summed E-state index contributed by atoms with van der Waals surface area (Å²) in [5, 5.41) is 2.95. The van der Waals surface area contributed by atoms with Gasteiger partial charge in [0.25, 0.3) is 0 Å². The summed E-state index contributed by atoms with van der Waals surface area (Å²) in [6.07, 6.45) is 0. The average molecular weight is 243 g/mol. The van der Waals surface area contributed by atoms with Crippen molar-refractivity contribution in [2.24, 2.45) is 0 Å². The number of benzene rings is 1. The van der Waals surface area contributed by atoms with Crippen molar-refractivity contribution in [3.63, 3.8) is 0 Å². The summed E-state index contributed by atoms with van der Waals surface area (Å²) in [5.74, 6) is -0.414. The van der Waals surface area contributed by atoms with Crippen LogP contribution in [-0.4, -0.2) is 25.9 Å². The first-order valence-corrected chi connectivity index (χ1v) is 5.78. The summed E-state index contributed by atoms with van der Waals surface area (Å²) in [4.78, 5) is 11.7. The van der Waals surface area contributed by atoms with E-state index in [4.69, 9.17) is 0 Å². The van der Waals surface area contributed by atoms with Crippen molar-refractivity contribution in [1.82, 2.24) is 5.32 Å². The van der Waals surface area contributed by atoms with Crippen molar-refractivity contribution in [3.8, 4) is 0 Å². The van der Waals surface area contributed by atoms with Crippen LogP contribution in [0.25, 0.3) is 0 Å². The normalized spacial score (nSPS) is 10.2. The molecule has 0 atom stereocenters. The second-order valence-electron chi connectivity index (χ2n) is 3.19. The summed E-state index contributed by atoms with van der Waals surface area (Å²) in [5.41, 5.74) is 0.856. The molecular formula is C11H14FNO2S. The van der Waals surface area contributed by atoms with Gasteiger partial charge in [-0.25, -0.2) is 4.39 Å². The third-order valence-corrected chi connectivity index (χ3v) is 2.85. The topological polar surface area (TPSA) is 38.3 Å². The average Bonchev–Trinajstić information content (AvgIpc) is 2.25. The zero-order chi connectivity index (χ0) is 12.0. The Bertz CT molecular complexity index is 371. The molecule has 5 heteroatoms. The Morgan fingerprint density at radius 3 is 2.88 bits per heavy atom. The fraction of sp³-hybridized carbons (Fsp3) is 0.364. The molecule has 0 radical (unpaired) electrons. The zero-order valence-electron chi connectivity index (χ0n) is 9.25. The number of hydrogen-bond acceptors (Lipinski definition) is 4. The molecule has 0 heterocycles. The third kappa shape index (κ3) is 4.20. The third-order valence-electron chi connectivity index (χ3n) is 1.90. The molecule has 1 aromatic rings. The van der Waals surface area contributed by atoms with Gasteiger partial charge in [-0.3, -0.25) is 4.79 Å². The lowest BCUT2D eigenvalue weighted by molar-refractivity contribution is -0.137. The molecule has 0 saturated heterocycles. The van der Waals surface area contributed by atoms with E-state index < -0.39 is 0 Å². The number of thioether (sulfide) groups is 1. The van der Waals surface area contributed by atoms with Gasteiger partial charge in [0.1, 0.15) is 5.82 Å². The highest BCUT2D eigenvalue weighted by Crippen LogP contribution is 2.21. The van der Waals surface area contributed by atoms with E-state index in [9.17, 15) is 9.18 Å². The Morgan fingerprint density at radius 2 is 2.25 bits per heavy atom. The van der Waals surface area contributed by atoms with E-state index in [0.29, 0.717) is 6.54 Å². The smallest absolute Gasteiger partial charge is 0.315 e. The van der Waals surface area contributed by atoms with E-state index >= 15 is 0 Å². The quantitative estimate of drug-likeness (QED) is 0.632. The van der Waals surface area contributed by atoms with Crippen LogP contribution >= 0.6 is 11.8 Å². The van der Waals surface area contributed by atoms with Crippen molar-refractivity contribution < 1.29 is 13.9 Å². The predicted octanol–water partition coefficient (Wildman–Crippen LogP) is 1.81. The van der Waals surface area contributed by atoms with Crippen molar-refractivity contribution in [3.05, 3.63) is 29.6 Å². The molecule has 3 nitrogen and oxygen atoms in total. The molecule has 0 unspecified atom stereocenters. The highest BCUT2D eigenvalue weighted by Gasteiger charge is 2.05. The first-order valence-electron chi connectivity index (χ1n) is 4.79. The molecule has 0 amide bonds. The van der Waals surface area contributed by atoms with Gasteiger partial charge in [0.05, 0.1) is 12.9 Å². The Morgan fingerprint density at radius 1 is 1.50 bits per heavy atom. The number of nitrogens with one attached hydrogen (secondary N) is 1. The molecular weight excluding hydrogens is 229 g/mol. The zero-order valence-corrected chi connectivity index (χ0v) is 10.1. The van der Waals surface area contributed by atoms with Gasteiger partial charge in [-0.05, 0) is 30.8 Å². The molecule has 0 bridgehead atoms. The molecule has 0 fully saturated rings. The molecule has 88 valence electrons. The van der Waals surface area contributed by atoms with Gasteiger partial charge < -0.3 is 10.1 Å². The Kier molecular flexibility index (Phi) is 5.28. The number of hydrogen-bond donors (Lipinski definition) is 1. The van der Waals surface area contributed by atoms with Gasteiger partial charge in [-0.1, -0.05) is 0 Å². The van der Waals surface area contributed by atoms with Gasteiger partial charge in [0.2, 0.25) is 0 Å². The van der Waals surface area contributed by atoms with Crippen LogP contribution < -0.4 is 5.32 Å². The number of esters is 1. The SMILES string of the molecule is CNCc1cc(F)cc(SCC(=O)OC)c1. The lowest BCUT2D eigenvalue weighted by Crippen LogP contribution is -2.06. The first kappa shape index (κ1) is 13.0. The van der Waals surface area contributed by atoms with Gasteiger partial charge >= 0.3 is 5.97 Å². The molecule has 1 N–H and O–H groups in total. The molecule has 1 rings (SSSR count). The first-order chi connectivity index (χ1) is 7.65. The minimum Gasteiger partial charge on any atom is -0.468 e. The van der Waals surface area contributed by atoms with E-state index in [-0.39, 0.29) is 17.5 Å². The molecule has 0 aliphatic rings. The molecule has 16 heavy (non-hydrogen) atoms. The van der Waals surface area contributed by atoms with Crippen LogP contribution in [0.15, 0.2) is 23.1 Å². The highest BCUT2D eigenvalue weighted by molar-refractivity contribution is 8.00. The van der Waals surface area contributed by atoms with Crippen LogP contribution in [0.4, 0.5) is 4.39 Å². The number of ether oxygens (including phenoxy) is 1. The summed E-state index contributed by atoms with van der Waals surface area (Å²) in [6.45, 7) is 0.601. The minimum absolute atomic E-state index is 0.193. The lowest BCUT2D eigenvalue weighted by atomic mass is 10.2. The van der Waals surface area contributed by atoms with E-state index in [2.05, 4.69) is 10.1 Å². The molecule has 0 aromatic heterocycles. The Labute approximate surface area is 98.4 Å². The van der Waals surface area contributed by atoms with E-state index in [0.717, 1.165) is 10.5 Å². The molecule has 0 spiro atoms. The van der Waals surface area contributed by atoms with Crippen molar-refractivity contribution in [2.45, 2.75) is 11.4 Å². The van der Waals surface area contributed by atoms with Gasteiger partial charge in [0.15, 0.2) is 0 Å². The second-order valence-corrected chi connectivity index (χ2v) is 4.24. The van der Waals surface area contributed by atoms with Gasteiger partial charge in [0, 0.05) is 11.4 Å². The molecule has 1 aromatic carbocycles. The predicted molar refractivity (Wildman–Crippen MR) is 61.9 cm³/mol. The number of carbonyl (C=O) groups is 1. The lowest BCUT2D eigenvalue weighted by Gasteiger charge is -2.05. The number of rotatable bonds is 5. The van der Waals surface area contributed by atoms with E-state index in [1.807, 2.05) is 6.07 Å². The summed E-state index contributed by atoms with van der Waals surface area (Å²) >= 11 is 1.26. The van der Waals surface area contributed by atoms with Gasteiger partial charge in [-0.2, -0.15) is 0 Å². The van der Waals surface area contributed by atoms with E-state index in [1.165, 1.54) is 31.0 Å². The van der Waals surface area contributed by atoms with Crippen molar-refractivity contribution in [1.29, 1.82) is 0 Å². The highest BCUT2D eigenvalue weighted by atomic mass is 32.2. The fourth-order valence-corrected chi connectivity index (χ4v) is 2.04. The number of carbonyl (C=O) groups excluding carboxylic acids is 1. The van der Waals surface area contributed by atoms with Crippen LogP contribution in [0, 0.1) is 5.82 Å². The largest absolute Gasteiger partial charge is 0.468 e. The van der Waals surface area contributed by atoms with E-state index in [1.54, 1.807) is 7.05 Å². The monoisotopic (exact) mass is 243 g/mol. The van der Waals surface area contributed by atoms with Crippen LogP contribution in [0.1, 0.15) is 5.56 Å². The Balaban J connectivity index is 2.68. The Hall–Kier alpha value is -1.07. The van der Waals surface area contributed by atoms with Gasteiger partial charge in [-0.15, -0.1) is 11.8 Å². The maximum absolute atomic E-state index is 13.2. The summed E-state index contributed by atoms with van der Waals surface area (Å²) < 4.78 is 17.7. The maximum Gasteiger partial charge on any atom is 0.315 e.